The zero-order valence-electron chi connectivity index (χ0n) is 10.7. The van der Waals surface area contributed by atoms with Crippen LogP contribution in [0, 0.1) is 6.92 Å². The molecule has 1 atom stereocenters. The smallest absolute Gasteiger partial charge is 0.255 e. The molecule has 1 aliphatic rings. The minimum absolute atomic E-state index is 0. The van der Waals surface area contributed by atoms with E-state index in [1.165, 1.54) is 0 Å². The van der Waals surface area contributed by atoms with E-state index in [9.17, 15) is 4.79 Å². The number of hydrogen-bond donors (Lipinski definition) is 2. The molecule has 1 aromatic carbocycles. The van der Waals surface area contributed by atoms with E-state index in [1.807, 2.05) is 25.1 Å². The molecule has 0 radical (unpaired) electrons. The Hall–Kier alpha value is -1.52. The maximum atomic E-state index is 11.7. The summed E-state index contributed by atoms with van der Waals surface area (Å²) in [4.78, 5) is 14.4. The third kappa shape index (κ3) is 2.74. The maximum Gasteiger partial charge on any atom is 0.255 e. The van der Waals surface area contributed by atoms with Crippen LogP contribution in [0.4, 0.5) is 0 Å². The predicted octanol–water partition coefficient (Wildman–Crippen LogP) is 2.00. The monoisotopic (exact) mass is 280 g/mol. The second kappa shape index (κ2) is 5.63. The second-order valence-electron chi connectivity index (χ2n) is 4.74. The standard InChI is InChI=1S/C14H16N2O2.ClH/c1-9-6-12-10(2-5-16-14(12)17)7-13(9)18-11-3-4-15-8-11;/h2,5-7,11,15H,3-4,8H2,1H3,(H,16,17);1H/t11-;/m1./s1. The predicted molar refractivity (Wildman–Crippen MR) is 78.5 cm³/mol. The number of ether oxygens (including phenoxy) is 1. The van der Waals surface area contributed by atoms with Crippen LogP contribution in [-0.2, 0) is 0 Å². The average Bonchev–Trinajstić information content (AvgIpc) is 2.84. The van der Waals surface area contributed by atoms with Crippen molar-refractivity contribution < 1.29 is 4.74 Å². The molecule has 1 saturated heterocycles. The highest BCUT2D eigenvalue weighted by atomic mass is 35.5. The molecule has 2 heterocycles. The van der Waals surface area contributed by atoms with E-state index in [1.54, 1.807) is 6.20 Å². The maximum absolute atomic E-state index is 11.7. The lowest BCUT2D eigenvalue weighted by Gasteiger charge is -2.15. The molecule has 5 heteroatoms. The van der Waals surface area contributed by atoms with Crippen LogP contribution in [0.25, 0.3) is 10.8 Å². The molecular weight excluding hydrogens is 264 g/mol. The fourth-order valence-electron chi connectivity index (χ4n) is 2.36. The third-order valence-corrected chi connectivity index (χ3v) is 3.38. The minimum atomic E-state index is -0.0512. The van der Waals surface area contributed by atoms with E-state index >= 15 is 0 Å². The number of benzene rings is 1. The van der Waals surface area contributed by atoms with Crippen molar-refractivity contribution in [2.45, 2.75) is 19.4 Å². The van der Waals surface area contributed by atoms with Gasteiger partial charge in [-0.1, -0.05) is 0 Å². The van der Waals surface area contributed by atoms with E-state index in [4.69, 9.17) is 4.74 Å². The van der Waals surface area contributed by atoms with E-state index in [0.29, 0.717) is 5.39 Å². The Labute approximate surface area is 117 Å². The molecule has 19 heavy (non-hydrogen) atoms. The number of H-pyrrole nitrogens is 1. The summed E-state index contributed by atoms with van der Waals surface area (Å²) in [5, 5.41) is 4.91. The summed E-state index contributed by atoms with van der Waals surface area (Å²) >= 11 is 0. The molecule has 0 bridgehead atoms. The van der Waals surface area contributed by atoms with Crippen LogP contribution < -0.4 is 15.6 Å². The van der Waals surface area contributed by atoms with Gasteiger partial charge in [-0.2, -0.15) is 0 Å². The SMILES string of the molecule is Cc1cc2c(=O)[nH]ccc2cc1O[C@@H]1CCNC1.Cl. The molecule has 1 aliphatic heterocycles. The van der Waals surface area contributed by atoms with Gasteiger partial charge >= 0.3 is 0 Å². The summed E-state index contributed by atoms with van der Waals surface area (Å²) in [6.07, 6.45) is 2.94. The van der Waals surface area contributed by atoms with Gasteiger partial charge in [0.05, 0.1) is 0 Å². The molecule has 0 spiro atoms. The highest BCUT2D eigenvalue weighted by Crippen LogP contribution is 2.25. The van der Waals surface area contributed by atoms with Crippen LogP contribution in [0.5, 0.6) is 5.75 Å². The van der Waals surface area contributed by atoms with Gasteiger partial charge in [-0.25, -0.2) is 0 Å². The van der Waals surface area contributed by atoms with E-state index in [-0.39, 0.29) is 24.1 Å². The van der Waals surface area contributed by atoms with Gasteiger partial charge in [0.2, 0.25) is 0 Å². The lowest BCUT2D eigenvalue weighted by atomic mass is 10.1. The van der Waals surface area contributed by atoms with E-state index < -0.39 is 0 Å². The van der Waals surface area contributed by atoms with Crippen LogP contribution in [0.15, 0.2) is 29.2 Å². The number of halogens is 1. The van der Waals surface area contributed by atoms with Crippen LogP contribution in [-0.4, -0.2) is 24.2 Å². The van der Waals surface area contributed by atoms with Crippen molar-refractivity contribution in [3.05, 3.63) is 40.3 Å². The first kappa shape index (κ1) is 13.9. The van der Waals surface area contributed by atoms with Crippen molar-refractivity contribution in [2.24, 2.45) is 0 Å². The summed E-state index contributed by atoms with van der Waals surface area (Å²) in [6, 6.07) is 5.75. The largest absolute Gasteiger partial charge is 0.489 e. The number of aryl methyl sites for hydroxylation is 1. The Balaban J connectivity index is 0.00000133. The molecule has 4 nitrogen and oxygen atoms in total. The van der Waals surface area contributed by atoms with Crippen molar-refractivity contribution >= 4 is 23.2 Å². The Bertz CT molecular complexity index is 633. The molecule has 0 unspecified atom stereocenters. The van der Waals surface area contributed by atoms with Crippen LogP contribution in [0.1, 0.15) is 12.0 Å². The number of nitrogens with one attached hydrogen (secondary N) is 2. The highest BCUT2D eigenvalue weighted by Gasteiger charge is 2.17. The van der Waals surface area contributed by atoms with E-state index in [2.05, 4.69) is 10.3 Å². The first-order valence-corrected chi connectivity index (χ1v) is 6.23. The topological polar surface area (TPSA) is 54.1 Å². The summed E-state index contributed by atoms with van der Waals surface area (Å²) in [5.74, 6) is 0.877. The van der Waals surface area contributed by atoms with Gasteiger partial charge in [0.1, 0.15) is 11.9 Å². The van der Waals surface area contributed by atoms with Crippen LogP contribution in [0.3, 0.4) is 0 Å². The number of pyridine rings is 1. The first-order valence-electron chi connectivity index (χ1n) is 6.23. The highest BCUT2D eigenvalue weighted by molar-refractivity contribution is 5.85. The van der Waals surface area contributed by atoms with Gasteiger partial charge in [0.15, 0.2) is 0 Å². The molecule has 2 aromatic rings. The van der Waals surface area contributed by atoms with Gasteiger partial charge in [-0.05, 0) is 49.0 Å². The van der Waals surface area contributed by atoms with Crippen LogP contribution in [0.2, 0.25) is 0 Å². The number of rotatable bonds is 2. The van der Waals surface area contributed by atoms with Gasteiger partial charge < -0.3 is 15.0 Å². The van der Waals surface area contributed by atoms with Crippen molar-refractivity contribution in [1.29, 1.82) is 0 Å². The van der Waals surface area contributed by atoms with Crippen molar-refractivity contribution in [3.8, 4) is 5.75 Å². The van der Waals surface area contributed by atoms with Crippen molar-refractivity contribution in [1.82, 2.24) is 10.3 Å². The number of aromatic amines is 1. The molecule has 1 fully saturated rings. The zero-order chi connectivity index (χ0) is 12.5. The molecule has 0 aliphatic carbocycles. The van der Waals surface area contributed by atoms with Crippen LogP contribution >= 0.6 is 12.4 Å². The summed E-state index contributed by atoms with van der Waals surface area (Å²) in [6.45, 7) is 3.88. The first-order chi connectivity index (χ1) is 8.74. The van der Waals surface area contributed by atoms with Gasteiger partial charge in [-0.3, -0.25) is 4.79 Å². The molecule has 0 amide bonds. The second-order valence-corrected chi connectivity index (χ2v) is 4.74. The fraction of sp³-hybridized carbons (Fsp3) is 0.357. The van der Waals surface area contributed by atoms with E-state index in [0.717, 1.165) is 36.2 Å². The fourth-order valence-corrected chi connectivity index (χ4v) is 2.36. The molecule has 1 aromatic heterocycles. The van der Waals surface area contributed by atoms with Crippen molar-refractivity contribution in [2.75, 3.05) is 13.1 Å². The Morgan fingerprint density at radius 3 is 2.95 bits per heavy atom. The molecule has 102 valence electrons. The van der Waals surface area contributed by atoms with Crippen molar-refractivity contribution in [3.63, 3.8) is 0 Å². The van der Waals surface area contributed by atoms with Gasteiger partial charge in [-0.15, -0.1) is 12.4 Å². The molecular formula is C14H17ClN2O2. The van der Waals surface area contributed by atoms with Gasteiger partial charge in [0.25, 0.3) is 5.56 Å². The minimum Gasteiger partial charge on any atom is -0.489 e. The Kier molecular flexibility index (Phi) is 4.12. The summed E-state index contributed by atoms with van der Waals surface area (Å²) in [5.41, 5.74) is 0.954. The summed E-state index contributed by atoms with van der Waals surface area (Å²) in [7, 11) is 0. The zero-order valence-corrected chi connectivity index (χ0v) is 11.5. The quantitative estimate of drug-likeness (QED) is 0.885. The third-order valence-electron chi connectivity index (χ3n) is 3.38. The average molecular weight is 281 g/mol. The lowest BCUT2D eigenvalue weighted by Crippen LogP contribution is -2.20. The number of hydrogen-bond acceptors (Lipinski definition) is 3. The molecule has 2 N–H and O–H groups in total. The normalized spacial score (nSPS) is 18.3. The molecule has 0 saturated carbocycles. The lowest BCUT2D eigenvalue weighted by molar-refractivity contribution is 0.222. The summed E-state index contributed by atoms with van der Waals surface area (Å²) < 4.78 is 5.98. The van der Waals surface area contributed by atoms with Gasteiger partial charge in [0, 0.05) is 18.1 Å². The Morgan fingerprint density at radius 1 is 1.37 bits per heavy atom. The Morgan fingerprint density at radius 2 is 2.21 bits per heavy atom. The number of aromatic nitrogens is 1. The number of fused-ring (bicyclic) bond motifs is 1. The molecule has 3 rings (SSSR count).